The largest absolute Gasteiger partial charge is 0.493 e. The van der Waals surface area contributed by atoms with Gasteiger partial charge in [0.05, 0.1) is 53.0 Å². The zero-order valence-electron chi connectivity index (χ0n) is 22.5. The van der Waals surface area contributed by atoms with Crippen molar-refractivity contribution in [3.05, 3.63) is 41.9 Å². The van der Waals surface area contributed by atoms with Gasteiger partial charge in [-0.05, 0) is 30.2 Å². The van der Waals surface area contributed by atoms with Crippen LogP contribution in [0.25, 0.3) is 0 Å². The fraction of sp³-hybridized carbons (Fsp3) is 0.593. The number of nitrogens with zero attached hydrogens (tertiary/aromatic N) is 2. The predicted molar refractivity (Wildman–Crippen MR) is 137 cm³/mol. The van der Waals surface area contributed by atoms with Crippen LogP contribution < -0.4 is 14.2 Å². The molecule has 1 aromatic heterocycles. The van der Waals surface area contributed by atoms with Crippen LogP contribution in [0.2, 0.25) is 0 Å². The van der Waals surface area contributed by atoms with Gasteiger partial charge in [-0.15, -0.1) is 0 Å². The summed E-state index contributed by atoms with van der Waals surface area (Å²) < 4.78 is 33.1. The molecule has 2 aromatic rings. The van der Waals surface area contributed by atoms with Crippen LogP contribution >= 0.6 is 0 Å². The van der Waals surface area contributed by atoms with Gasteiger partial charge in [0.1, 0.15) is 12.4 Å². The number of morpholine rings is 1. The third-order valence-electron chi connectivity index (χ3n) is 6.03. The molecule has 0 spiro atoms. The number of ether oxygens (including phenoxy) is 5. The monoisotopic (exact) mass is 520 g/mol. The zero-order chi connectivity index (χ0) is 26.8. The summed E-state index contributed by atoms with van der Waals surface area (Å²) >= 11 is 0. The molecule has 0 bridgehead atoms. The number of amides is 1. The molecule has 206 valence electrons. The van der Waals surface area contributed by atoms with Gasteiger partial charge in [0.25, 0.3) is 5.91 Å². The number of benzene rings is 1. The van der Waals surface area contributed by atoms with Crippen LogP contribution in [-0.4, -0.2) is 100 Å². The smallest absolute Gasteiger partial charge is 0.254 e. The van der Waals surface area contributed by atoms with Crippen LogP contribution in [0.3, 0.4) is 0 Å². The van der Waals surface area contributed by atoms with E-state index in [2.05, 4.69) is 18.7 Å². The van der Waals surface area contributed by atoms with Crippen molar-refractivity contribution in [2.75, 3.05) is 67.3 Å². The Labute approximate surface area is 219 Å². The molecule has 1 amide bonds. The van der Waals surface area contributed by atoms with Crippen molar-refractivity contribution in [2.45, 2.75) is 32.7 Å². The lowest BCUT2D eigenvalue weighted by Crippen LogP contribution is -2.51. The number of rotatable bonds is 14. The van der Waals surface area contributed by atoms with Gasteiger partial charge < -0.3 is 38.1 Å². The number of aliphatic hydroxyl groups is 1. The number of carbonyl (C=O) groups excluding carboxylic acids is 1. The number of hydrogen-bond donors (Lipinski definition) is 1. The van der Waals surface area contributed by atoms with Gasteiger partial charge in [0, 0.05) is 38.3 Å². The standard InChI is InChI=1S/C27H40N2O8/c1-19(2)13-29(27(31)20-11-24(32-3)26(34-5)25(12-20)33-4)16-23-15-28(8-10-37-23)14-21(30)17-35-18-22-7-6-9-36-22/h6-7,9,11-12,19,21,23,30H,8,10,13-18H2,1-5H3/t21-,23-/m0/s1. The van der Waals surface area contributed by atoms with E-state index >= 15 is 0 Å². The lowest BCUT2D eigenvalue weighted by molar-refractivity contribution is -0.0608. The molecule has 2 atom stereocenters. The molecule has 0 radical (unpaired) electrons. The molecule has 0 aliphatic carbocycles. The average Bonchev–Trinajstić information content (AvgIpc) is 3.40. The highest BCUT2D eigenvalue weighted by Gasteiger charge is 2.28. The summed E-state index contributed by atoms with van der Waals surface area (Å²) in [4.78, 5) is 17.6. The van der Waals surface area contributed by atoms with Crippen molar-refractivity contribution in [3.63, 3.8) is 0 Å². The summed E-state index contributed by atoms with van der Waals surface area (Å²) in [7, 11) is 4.58. The second-order valence-corrected chi connectivity index (χ2v) is 9.52. The second kappa shape index (κ2) is 14.2. The number of methoxy groups -OCH3 is 3. The van der Waals surface area contributed by atoms with Gasteiger partial charge >= 0.3 is 0 Å². The Kier molecular flexibility index (Phi) is 11.1. The summed E-state index contributed by atoms with van der Waals surface area (Å²) in [6.07, 6.45) is 0.772. The maximum Gasteiger partial charge on any atom is 0.254 e. The summed E-state index contributed by atoms with van der Waals surface area (Å²) in [5, 5.41) is 10.5. The van der Waals surface area contributed by atoms with Crippen LogP contribution in [-0.2, 0) is 16.1 Å². The van der Waals surface area contributed by atoms with Gasteiger partial charge in [0.15, 0.2) is 11.5 Å². The minimum absolute atomic E-state index is 0.139. The molecular formula is C27H40N2O8. The van der Waals surface area contributed by atoms with Crippen LogP contribution in [0.5, 0.6) is 17.2 Å². The Morgan fingerprint density at radius 1 is 1.19 bits per heavy atom. The fourth-order valence-electron chi connectivity index (χ4n) is 4.41. The van der Waals surface area contributed by atoms with Gasteiger partial charge in [-0.1, -0.05) is 13.8 Å². The van der Waals surface area contributed by atoms with Crippen molar-refractivity contribution >= 4 is 5.91 Å². The van der Waals surface area contributed by atoms with Crippen molar-refractivity contribution in [2.24, 2.45) is 5.92 Å². The zero-order valence-corrected chi connectivity index (χ0v) is 22.5. The number of carbonyl (C=O) groups is 1. The van der Waals surface area contributed by atoms with E-state index in [1.165, 1.54) is 21.3 Å². The van der Waals surface area contributed by atoms with Crippen LogP contribution in [0.15, 0.2) is 34.9 Å². The lowest BCUT2D eigenvalue weighted by atomic mass is 10.1. The molecule has 1 fully saturated rings. The first-order chi connectivity index (χ1) is 17.8. The Hall–Kier alpha value is -2.79. The Balaban J connectivity index is 1.62. The number of furan rings is 1. The fourth-order valence-corrected chi connectivity index (χ4v) is 4.41. The molecule has 1 aliphatic rings. The summed E-state index contributed by atoms with van der Waals surface area (Å²) in [6, 6.07) is 6.98. The van der Waals surface area contributed by atoms with Gasteiger partial charge in [0.2, 0.25) is 5.75 Å². The first-order valence-corrected chi connectivity index (χ1v) is 12.6. The Bertz CT molecular complexity index is 940. The van der Waals surface area contributed by atoms with E-state index in [0.29, 0.717) is 68.7 Å². The SMILES string of the molecule is COc1cc(C(=O)N(CC(C)C)C[C@@H]2CN(C[C@H](O)COCc3ccco3)CCO2)cc(OC)c1OC. The lowest BCUT2D eigenvalue weighted by Gasteiger charge is -2.37. The number of hydrogen-bond acceptors (Lipinski definition) is 9. The highest BCUT2D eigenvalue weighted by molar-refractivity contribution is 5.95. The van der Waals surface area contributed by atoms with E-state index < -0.39 is 6.10 Å². The molecule has 0 unspecified atom stereocenters. The minimum Gasteiger partial charge on any atom is -0.493 e. The predicted octanol–water partition coefficient (Wildman–Crippen LogP) is 2.68. The van der Waals surface area contributed by atoms with Crippen molar-refractivity contribution in [3.8, 4) is 17.2 Å². The first kappa shape index (κ1) is 28.8. The highest BCUT2D eigenvalue weighted by atomic mass is 16.5. The number of β-amino-alcohol motifs (C(OH)–C–C–N with tert-alkyl or cyclic N) is 1. The summed E-state index contributed by atoms with van der Waals surface area (Å²) in [6.45, 7) is 7.97. The molecule has 10 nitrogen and oxygen atoms in total. The highest BCUT2D eigenvalue weighted by Crippen LogP contribution is 2.38. The average molecular weight is 521 g/mol. The molecule has 1 aromatic carbocycles. The van der Waals surface area contributed by atoms with Gasteiger partial charge in [-0.2, -0.15) is 0 Å². The molecular weight excluding hydrogens is 480 g/mol. The van der Waals surface area contributed by atoms with E-state index in [4.69, 9.17) is 28.1 Å². The minimum atomic E-state index is -0.638. The normalized spacial score (nSPS) is 17.0. The first-order valence-electron chi connectivity index (χ1n) is 12.6. The Morgan fingerprint density at radius 3 is 2.51 bits per heavy atom. The van der Waals surface area contributed by atoms with Crippen molar-refractivity contribution in [1.82, 2.24) is 9.80 Å². The molecule has 1 saturated heterocycles. The third-order valence-corrected chi connectivity index (χ3v) is 6.03. The van der Waals surface area contributed by atoms with E-state index in [0.717, 1.165) is 5.76 Å². The summed E-state index contributed by atoms with van der Waals surface area (Å²) in [5.41, 5.74) is 0.451. The van der Waals surface area contributed by atoms with Crippen LogP contribution in [0.4, 0.5) is 0 Å². The van der Waals surface area contributed by atoms with E-state index in [-0.39, 0.29) is 24.5 Å². The van der Waals surface area contributed by atoms with Gasteiger partial charge in [-0.25, -0.2) is 0 Å². The molecule has 1 N–H and O–H groups in total. The molecule has 3 rings (SSSR count). The maximum absolute atomic E-state index is 13.6. The molecule has 2 heterocycles. The van der Waals surface area contributed by atoms with Crippen molar-refractivity contribution in [1.29, 1.82) is 0 Å². The van der Waals surface area contributed by atoms with Crippen LogP contribution in [0.1, 0.15) is 30.0 Å². The Morgan fingerprint density at radius 2 is 1.92 bits per heavy atom. The van der Waals surface area contributed by atoms with E-state index in [1.807, 2.05) is 11.0 Å². The van der Waals surface area contributed by atoms with Crippen molar-refractivity contribution < 1.29 is 38.0 Å². The van der Waals surface area contributed by atoms with E-state index in [1.54, 1.807) is 24.5 Å². The third kappa shape index (κ3) is 8.36. The molecule has 37 heavy (non-hydrogen) atoms. The topological polar surface area (TPSA) is 103 Å². The molecule has 1 aliphatic heterocycles. The number of aliphatic hydroxyl groups excluding tert-OH is 1. The quantitative estimate of drug-likeness (QED) is 0.403. The van der Waals surface area contributed by atoms with Crippen LogP contribution in [0, 0.1) is 5.92 Å². The molecule has 0 saturated carbocycles. The molecule has 10 heteroatoms. The second-order valence-electron chi connectivity index (χ2n) is 9.52. The maximum atomic E-state index is 13.6. The van der Waals surface area contributed by atoms with Gasteiger partial charge in [-0.3, -0.25) is 9.69 Å². The van der Waals surface area contributed by atoms with E-state index in [9.17, 15) is 9.90 Å². The summed E-state index contributed by atoms with van der Waals surface area (Å²) in [5.74, 6) is 2.14.